The van der Waals surface area contributed by atoms with Gasteiger partial charge in [0.1, 0.15) is 17.0 Å². The predicted molar refractivity (Wildman–Crippen MR) is 106 cm³/mol. The van der Waals surface area contributed by atoms with Crippen molar-refractivity contribution < 1.29 is 17.9 Å². The zero-order valence-corrected chi connectivity index (χ0v) is 17.0. The minimum absolute atomic E-state index is 0.277. The molecule has 1 aliphatic carbocycles. The van der Waals surface area contributed by atoms with Crippen LogP contribution in [0.1, 0.15) is 37.0 Å². The SMILES string of the molecule is FC(F)(F)Cc1cc2c(N3CCC4(CCC(NC5CCOC5)C4)C3)ncnc2s1. The molecule has 1 spiro atoms. The lowest BCUT2D eigenvalue weighted by Gasteiger charge is -2.26. The smallest absolute Gasteiger partial charge is 0.380 e. The summed E-state index contributed by atoms with van der Waals surface area (Å²) in [6, 6.07) is 2.64. The molecule has 3 unspecified atom stereocenters. The van der Waals surface area contributed by atoms with Gasteiger partial charge in [0.05, 0.1) is 18.4 Å². The number of ether oxygens (including phenoxy) is 1. The molecule has 9 heteroatoms. The predicted octanol–water partition coefficient (Wildman–Crippen LogP) is 3.92. The van der Waals surface area contributed by atoms with Crippen LogP contribution in [0.4, 0.5) is 19.0 Å². The summed E-state index contributed by atoms with van der Waals surface area (Å²) < 4.78 is 43.9. The van der Waals surface area contributed by atoms with Gasteiger partial charge in [-0.25, -0.2) is 9.97 Å². The highest BCUT2D eigenvalue weighted by Gasteiger charge is 2.45. The van der Waals surface area contributed by atoms with Gasteiger partial charge < -0.3 is 15.0 Å². The van der Waals surface area contributed by atoms with Crippen LogP contribution in [0.2, 0.25) is 0 Å². The molecule has 4 heterocycles. The van der Waals surface area contributed by atoms with Crippen LogP contribution in [0.25, 0.3) is 10.2 Å². The summed E-state index contributed by atoms with van der Waals surface area (Å²) in [6.45, 7) is 3.48. The number of nitrogens with zero attached hydrogens (tertiary/aromatic N) is 3. The lowest BCUT2D eigenvalue weighted by molar-refractivity contribution is -0.126. The van der Waals surface area contributed by atoms with E-state index in [1.165, 1.54) is 19.2 Å². The van der Waals surface area contributed by atoms with Gasteiger partial charge in [0.25, 0.3) is 0 Å². The number of fused-ring (bicyclic) bond motifs is 1. The van der Waals surface area contributed by atoms with Gasteiger partial charge in [-0.15, -0.1) is 11.3 Å². The summed E-state index contributed by atoms with van der Waals surface area (Å²) in [5.74, 6) is 0.789. The highest BCUT2D eigenvalue weighted by molar-refractivity contribution is 7.18. The molecule has 0 amide bonds. The van der Waals surface area contributed by atoms with Crippen molar-refractivity contribution in [3.63, 3.8) is 0 Å². The second-order valence-corrected chi connectivity index (χ2v) is 9.87. The highest BCUT2D eigenvalue weighted by atomic mass is 32.1. The Balaban J connectivity index is 1.30. The fraction of sp³-hybridized carbons (Fsp3) is 0.700. The molecule has 3 fully saturated rings. The van der Waals surface area contributed by atoms with Crippen LogP contribution < -0.4 is 10.2 Å². The van der Waals surface area contributed by atoms with Crippen molar-refractivity contribution in [2.45, 2.75) is 56.8 Å². The van der Waals surface area contributed by atoms with Crippen molar-refractivity contribution in [3.05, 3.63) is 17.3 Å². The van der Waals surface area contributed by atoms with Crippen molar-refractivity contribution >= 4 is 27.4 Å². The molecule has 158 valence electrons. The third-order valence-corrected chi connectivity index (χ3v) is 7.62. The first-order valence-corrected chi connectivity index (χ1v) is 11.1. The highest BCUT2D eigenvalue weighted by Crippen LogP contribution is 2.47. The summed E-state index contributed by atoms with van der Waals surface area (Å²) in [5, 5.41) is 4.52. The maximum Gasteiger partial charge on any atom is 0.393 e. The van der Waals surface area contributed by atoms with E-state index in [-0.39, 0.29) is 5.41 Å². The average molecular weight is 427 g/mol. The van der Waals surface area contributed by atoms with E-state index >= 15 is 0 Å². The standard InChI is InChI=1S/C20H25F3N4OS/c21-20(22,23)9-15-7-16-17(24-12-25-18(16)29-15)27-5-4-19(11-27)3-1-13(8-19)26-14-2-6-28-10-14/h7,12-14,26H,1-6,8-11H2. The Bertz CT molecular complexity index is 882. The molecule has 2 aromatic rings. The fourth-order valence-corrected chi connectivity index (χ4v) is 6.29. The number of anilines is 1. The van der Waals surface area contributed by atoms with E-state index in [0.717, 1.165) is 68.1 Å². The number of aromatic nitrogens is 2. The van der Waals surface area contributed by atoms with E-state index in [1.807, 2.05) is 0 Å². The largest absolute Gasteiger partial charge is 0.393 e. The number of alkyl halides is 3. The van der Waals surface area contributed by atoms with Crippen molar-refractivity contribution in [2.75, 3.05) is 31.2 Å². The third kappa shape index (κ3) is 4.09. The summed E-state index contributed by atoms with van der Waals surface area (Å²) in [7, 11) is 0. The van der Waals surface area contributed by atoms with Gasteiger partial charge in [-0.05, 0) is 43.6 Å². The molecule has 0 bridgehead atoms. The van der Waals surface area contributed by atoms with Gasteiger partial charge in [-0.3, -0.25) is 0 Å². The quantitative estimate of drug-likeness (QED) is 0.803. The molecule has 1 saturated carbocycles. The first-order valence-electron chi connectivity index (χ1n) is 10.3. The maximum atomic E-state index is 12.8. The number of hydrogen-bond donors (Lipinski definition) is 1. The van der Waals surface area contributed by atoms with Gasteiger partial charge in [0.15, 0.2) is 0 Å². The van der Waals surface area contributed by atoms with E-state index in [4.69, 9.17) is 4.74 Å². The van der Waals surface area contributed by atoms with Crippen LogP contribution >= 0.6 is 11.3 Å². The first-order chi connectivity index (χ1) is 13.9. The van der Waals surface area contributed by atoms with Gasteiger partial charge in [-0.2, -0.15) is 13.2 Å². The number of hydrogen-bond acceptors (Lipinski definition) is 6. The minimum atomic E-state index is -4.21. The fourth-order valence-electron chi connectivity index (χ4n) is 5.26. The van der Waals surface area contributed by atoms with E-state index in [9.17, 15) is 13.2 Å². The van der Waals surface area contributed by atoms with Crippen LogP contribution in [0, 0.1) is 5.41 Å². The normalized spacial score (nSPS) is 30.2. The molecule has 0 radical (unpaired) electrons. The maximum absolute atomic E-state index is 12.8. The average Bonchev–Trinajstić information content (AvgIpc) is 3.42. The zero-order chi connectivity index (χ0) is 20.1. The molecule has 29 heavy (non-hydrogen) atoms. The van der Waals surface area contributed by atoms with Gasteiger partial charge in [0, 0.05) is 36.7 Å². The molecule has 2 saturated heterocycles. The Labute approximate surface area is 171 Å². The van der Waals surface area contributed by atoms with Crippen LogP contribution in [-0.2, 0) is 11.2 Å². The van der Waals surface area contributed by atoms with Crippen molar-refractivity contribution in [1.29, 1.82) is 0 Å². The lowest BCUT2D eigenvalue weighted by Crippen LogP contribution is -2.38. The number of rotatable bonds is 4. The second kappa shape index (κ2) is 7.35. The molecule has 3 aliphatic rings. The van der Waals surface area contributed by atoms with Gasteiger partial charge in [0.2, 0.25) is 0 Å². The summed E-state index contributed by atoms with van der Waals surface area (Å²) >= 11 is 1.12. The Morgan fingerprint density at radius 2 is 2.14 bits per heavy atom. The van der Waals surface area contributed by atoms with Gasteiger partial charge in [-0.1, -0.05) is 0 Å². The number of thiophene rings is 1. The van der Waals surface area contributed by atoms with E-state index in [1.54, 1.807) is 6.07 Å². The van der Waals surface area contributed by atoms with Crippen LogP contribution in [0.5, 0.6) is 0 Å². The molecule has 2 aromatic heterocycles. The summed E-state index contributed by atoms with van der Waals surface area (Å²) in [4.78, 5) is 11.9. The molecule has 2 aliphatic heterocycles. The molecule has 0 aromatic carbocycles. The monoisotopic (exact) mass is 426 g/mol. The molecular formula is C20H25F3N4OS. The Morgan fingerprint density at radius 1 is 1.24 bits per heavy atom. The van der Waals surface area contributed by atoms with E-state index in [2.05, 4.69) is 20.2 Å². The minimum Gasteiger partial charge on any atom is -0.380 e. The Kier molecular flexibility index (Phi) is 4.95. The van der Waals surface area contributed by atoms with E-state index < -0.39 is 12.6 Å². The zero-order valence-electron chi connectivity index (χ0n) is 16.2. The second-order valence-electron chi connectivity index (χ2n) is 8.76. The summed E-state index contributed by atoms with van der Waals surface area (Å²) in [6.07, 6.45) is 2.08. The van der Waals surface area contributed by atoms with Crippen LogP contribution in [0.15, 0.2) is 12.4 Å². The van der Waals surface area contributed by atoms with Gasteiger partial charge >= 0.3 is 6.18 Å². The third-order valence-electron chi connectivity index (χ3n) is 6.58. The molecule has 3 atom stereocenters. The summed E-state index contributed by atoms with van der Waals surface area (Å²) in [5.41, 5.74) is 0.277. The van der Waals surface area contributed by atoms with E-state index in [0.29, 0.717) is 21.8 Å². The van der Waals surface area contributed by atoms with Crippen molar-refractivity contribution in [3.8, 4) is 0 Å². The topological polar surface area (TPSA) is 50.3 Å². The van der Waals surface area contributed by atoms with Crippen LogP contribution in [0.3, 0.4) is 0 Å². The van der Waals surface area contributed by atoms with Crippen molar-refractivity contribution in [2.24, 2.45) is 5.41 Å². The Morgan fingerprint density at radius 3 is 2.93 bits per heavy atom. The van der Waals surface area contributed by atoms with Crippen molar-refractivity contribution in [1.82, 2.24) is 15.3 Å². The molecule has 1 N–H and O–H groups in total. The number of halogens is 3. The first kappa shape index (κ1) is 19.5. The lowest BCUT2D eigenvalue weighted by atomic mass is 9.85. The van der Waals surface area contributed by atoms with Crippen LogP contribution in [-0.4, -0.2) is 54.5 Å². The molecular weight excluding hydrogens is 401 g/mol. The Hall–Kier alpha value is -1.45. The number of nitrogens with one attached hydrogen (secondary N) is 1. The molecule has 5 nitrogen and oxygen atoms in total. The molecule has 5 rings (SSSR count).